The number of carbonyl (C=O) groups excluding carboxylic acids is 1. The fourth-order valence-electron chi connectivity index (χ4n) is 1.93. The van der Waals surface area contributed by atoms with E-state index in [0.29, 0.717) is 18.2 Å². The second-order valence-corrected chi connectivity index (χ2v) is 5.04. The Balaban J connectivity index is 2.43. The van der Waals surface area contributed by atoms with Crippen molar-refractivity contribution in [1.29, 1.82) is 0 Å². The fraction of sp³-hybridized carbons (Fsp3) is 0.562. The number of anilines is 1. The van der Waals surface area contributed by atoms with Gasteiger partial charge in [0, 0.05) is 18.3 Å². The number of likely N-dealkylation sites (N-methyl/N-ethyl adjacent to an activating group) is 1. The van der Waals surface area contributed by atoms with Crippen molar-refractivity contribution in [2.75, 3.05) is 31.6 Å². The highest BCUT2D eigenvalue weighted by molar-refractivity contribution is 5.89. The van der Waals surface area contributed by atoms with Crippen LogP contribution in [0.15, 0.2) is 24.3 Å². The molecule has 0 heterocycles. The Kier molecular flexibility index (Phi) is 7.09. The quantitative estimate of drug-likeness (QED) is 0.742. The van der Waals surface area contributed by atoms with Gasteiger partial charge in [-0.3, -0.25) is 0 Å². The summed E-state index contributed by atoms with van der Waals surface area (Å²) >= 11 is 0. The van der Waals surface area contributed by atoms with Crippen LogP contribution in [0.2, 0.25) is 0 Å². The van der Waals surface area contributed by atoms with Gasteiger partial charge in [-0.15, -0.1) is 0 Å². The first-order valence-corrected chi connectivity index (χ1v) is 7.32. The van der Waals surface area contributed by atoms with Gasteiger partial charge in [-0.2, -0.15) is 0 Å². The number of ether oxygens (including phenoxy) is 1. The van der Waals surface area contributed by atoms with E-state index in [9.17, 15) is 4.79 Å². The second kappa shape index (κ2) is 8.59. The zero-order valence-corrected chi connectivity index (χ0v) is 13.0. The molecule has 0 radical (unpaired) electrons. The van der Waals surface area contributed by atoms with Crippen molar-refractivity contribution >= 4 is 11.7 Å². The van der Waals surface area contributed by atoms with E-state index in [2.05, 4.69) is 37.9 Å². The first-order valence-electron chi connectivity index (χ1n) is 7.32. The molecule has 4 heteroatoms. The maximum absolute atomic E-state index is 11.9. The van der Waals surface area contributed by atoms with Gasteiger partial charge in [-0.1, -0.05) is 13.8 Å². The van der Waals surface area contributed by atoms with Crippen LogP contribution >= 0.6 is 0 Å². The Morgan fingerprint density at radius 3 is 2.30 bits per heavy atom. The van der Waals surface area contributed by atoms with E-state index >= 15 is 0 Å². The maximum atomic E-state index is 11.9. The van der Waals surface area contributed by atoms with E-state index in [1.807, 2.05) is 12.1 Å². The van der Waals surface area contributed by atoms with E-state index in [-0.39, 0.29) is 5.97 Å². The SMILES string of the molecule is CCN(CC)CCOC(=O)c1ccc(NC(C)C)cc1. The van der Waals surface area contributed by atoms with Crippen LogP contribution in [0.1, 0.15) is 38.1 Å². The highest BCUT2D eigenvalue weighted by Crippen LogP contribution is 2.11. The van der Waals surface area contributed by atoms with E-state index in [0.717, 1.165) is 25.3 Å². The molecule has 0 unspecified atom stereocenters. The van der Waals surface area contributed by atoms with Gasteiger partial charge in [0.1, 0.15) is 6.61 Å². The molecule has 1 rings (SSSR count). The molecular weight excluding hydrogens is 252 g/mol. The lowest BCUT2D eigenvalue weighted by atomic mass is 10.2. The van der Waals surface area contributed by atoms with Gasteiger partial charge in [0.25, 0.3) is 0 Å². The van der Waals surface area contributed by atoms with Crippen molar-refractivity contribution < 1.29 is 9.53 Å². The van der Waals surface area contributed by atoms with E-state index < -0.39 is 0 Å². The van der Waals surface area contributed by atoms with Gasteiger partial charge in [-0.25, -0.2) is 4.79 Å². The largest absolute Gasteiger partial charge is 0.461 e. The van der Waals surface area contributed by atoms with Crippen molar-refractivity contribution in [3.05, 3.63) is 29.8 Å². The predicted octanol–water partition coefficient (Wildman–Crippen LogP) is 3.01. The molecule has 1 aromatic rings. The molecule has 0 atom stereocenters. The summed E-state index contributed by atoms with van der Waals surface area (Å²) in [7, 11) is 0. The third-order valence-electron chi connectivity index (χ3n) is 3.11. The summed E-state index contributed by atoms with van der Waals surface area (Å²) < 4.78 is 5.28. The van der Waals surface area contributed by atoms with Crippen LogP contribution in [0.3, 0.4) is 0 Å². The molecule has 4 nitrogen and oxygen atoms in total. The molecule has 0 fully saturated rings. The number of esters is 1. The van der Waals surface area contributed by atoms with E-state index in [1.165, 1.54) is 0 Å². The highest BCUT2D eigenvalue weighted by Gasteiger charge is 2.08. The van der Waals surface area contributed by atoms with Crippen LogP contribution in [-0.4, -0.2) is 43.2 Å². The average Bonchev–Trinajstić information content (AvgIpc) is 2.43. The van der Waals surface area contributed by atoms with Crippen molar-refractivity contribution in [1.82, 2.24) is 4.90 Å². The number of carbonyl (C=O) groups is 1. The van der Waals surface area contributed by atoms with Crippen molar-refractivity contribution in [2.24, 2.45) is 0 Å². The number of hydrogen-bond acceptors (Lipinski definition) is 4. The van der Waals surface area contributed by atoms with Crippen LogP contribution in [0.25, 0.3) is 0 Å². The number of rotatable bonds is 8. The summed E-state index contributed by atoms with van der Waals surface area (Å²) in [6, 6.07) is 7.78. The van der Waals surface area contributed by atoms with Crippen LogP contribution in [0.5, 0.6) is 0 Å². The van der Waals surface area contributed by atoms with Gasteiger partial charge >= 0.3 is 5.97 Å². The Bertz CT molecular complexity index is 397. The molecule has 1 aromatic carbocycles. The molecule has 0 spiro atoms. The number of nitrogens with zero attached hydrogens (tertiary/aromatic N) is 1. The maximum Gasteiger partial charge on any atom is 0.338 e. The first-order chi connectivity index (χ1) is 9.56. The van der Waals surface area contributed by atoms with Crippen molar-refractivity contribution in [3.63, 3.8) is 0 Å². The lowest BCUT2D eigenvalue weighted by molar-refractivity contribution is 0.0466. The van der Waals surface area contributed by atoms with Crippen molar-refractivity contribution in [2.45, 2.75) is 33.7 Å². The Labute approximate surface area is 122 Å². The molecule has 112 valence electrons. The highest BCUT2D eigenvalue weighted by atomic mass is 16.5. The average molecular weight is 278 g/mol. The van der Waals surface area contributed by atoms with Gasteiger partial charge < -0.3 is 15.0 Å². The van der Waals surface area contributed by atoms with Gasteiger partial charge in [-0.05, 0) is 51.2 Å². The third kappa shape index (κ3) is 5.61. The van der Waals surface area contributed by atoms with Crippen LogP contribution in [0.4, 0.5) is 5.69 Å². The molecule has 20 heavy (non-hydrogen) atoms. The molecular formula is C16H26N2O2. The first kappa shape index (κ1) is 16.5. The van der Waals surface area contributed by atoms with Gasteiger partial charge in [0.2, 0.25) is 0 Å². The standard InChI is InChI=1S/C16H26N2O2/c1-5-18(6-2)11-12-20-16(19)14-7-9-15(10-8-14)17-13(3)4/h7-10,13,17H,5-6,11-12H2,1-4H3. The molecule has 1 N–H and O–H groups in total. The lowest BCUT2D eigenvalue weighted by Gasteiger charge is -2.17. The summed E-state index contributed by atoms with van der Waals surface area (Å²) in [6.07, 6.45) is 0. The van der Waals surface area contributed by atoms with Crippen molar-refractivity contribution in [3.8, 4) is 0 Å². The second-order valence-electron chi connectivity index (χ2n) is 5.04. The normalized spacial score (nSPS) is 10.9. The minimum absolute atomic E-state index is 0.256. The molecule has 0 aliphatic rings. The van der Waals surface area contributed by atoms with Crippen LogP contribution in [0, 0.1) is 0 Å². The number of nitrogens with one attached hydrogen (secondary N) is 1. The van der Waals surface area contributed by atoms with Gasteiger partial charge in [0.15, 0.2) is 0 Å². The Morgan fingerprint density at radius 1 is 1.20 bits per heavy atom. The van der Waals surface area contributed by atoms with E-state index in [4.69, 9.17) is 4.74 Å². The third-order valence-corrected chi connectivity index (χ3v) is 3.11. The molecule has 0 saturated carbocycles. The summed E-state index contributed by atoms with van der Waals surface area (Å²) in [4.78, 5) is 14.1. The lowest BCUT2D eigenvalue weighted by Crippen LogP contribution is -2.27. The molecule has 0 aliphatic carbocycles. The molecule has 0 aromatic heterocycles. The summed E-state index contributed by atoms with van der Waals surface area (Å²) in [5.41, 5.74) is 1.61. The minimum Gasteiger partial charge on any atom is -0.461 e. The summed E-state index contributed by atoms with van der Waals surface area (Å²) in [5, 5.41) is 3.29. The molecule has 0 amide bonds. The molecule has 0 bridgehead atoms. The fourth-order valence-corrected chi connectivity index (χ4v) is 1.93. The Morgan fingerprint density at radius 2 is 1.80 bits per heavy atom. The Hall–Kier alpha value is -1.55. The topological polar surface area (TPSA) is 41.6 Å². The predicted molar refractivity (Wildman–Crippen MR) is 83.3 cm³/mol. The molecule has 0 saturated heterocycles. The molecule has 0 aliphatic heterocycles. The smallest absolute Gasteiger partial charge is 0.338 e. The summed E-state index contributed by atoms with van der Waals surface area (Å²) in [6.45, 7) is 11.5. The van der Waals surface area contributed by atoms with Crippen LogP contribution in [-0.2, 0) is 4.74 Å². The van der Waals surface area contributed by atoms with E-state index in [1.54, 1.807) is 12.1 Å². The van der Waals surface area contributed by atoms with Gasteiger partial charge in [0.05, 0.1) is 5.56 Å². The zero-order valence-electron chi connectivity index (χ0n) is 13.0. The number of hydrogen-bond donors (Lipinski definition) is 1. The summed E-state index contributed by atoms with van der Waals surface area (Å²) in [5.74, 6) is -0.256. The minimum atomic E-state index is -0.256. The number of benzene rings is 1. The zero-order chi connectivity index (χ0) is 15.0. The monoisotopic (exact) mass is 278 g/mol. The van der Waals surface area contributed by atoms with Crippen LogP contribution < -0.4 is 5.32 Å².